The van der Waals surface area contributed by atoms with E-state index < -0.39 is 0 Å². The average molecular weight is 405 g/mol. The number of amides is 4. The van der Waals surface area contributed by atoms with Crippen LogP contribution in [0.25, 0.3) is 0 Å². The summed E-state index contributed by atoms with van der Waals surface area (Å²) in [7, 11) is 0. The minimum absolute atomic E-state index is 0.0447. The van der Waals surface area contributed by atoms with Crippen LogP contribution >= 0.6 is 0 Å². The smallest absolute Gasteiger partial charge is 0.261 e. The van der Waals surface area contributed by atoms with Crippen molar-refractivity contribution < 1.29 is 19.2 Å². The maximum absolute atomic E-state index is 12.4. The van der Waals surface area contributed by atoms with Gasteiger partial charge in [0.2, 0.25) is 11.8 Å². The lowest BCUT2D eigenvalue weighted by Gasteiger charge is -2.28. The van der Waals surface area contributed by atoms with E-state index in [-0.39, 0.29) is 36.6 Å². The van der Waals surface area contributed by atoms with Gasteiger partial charge in [0.15, 0.2) is 0 Å². The first kappa shape index (κ1) is 19.8. The number of fused-ring (bicyclic) bond motifs is 2. The number of carbonyl (C=O) groups excluding carboxylic acids is 4. The molecule has 4 rings (SSSR count). The Morgan fingerprint density at radius 2 is 1.70 bits per heavy atom. The molecule has 0 bridgehead atoms. The summed E-state index contributed by atoms with van der Waals surface area (Å²) in [5.41, 5.74) is 3.75. The predicted octanol–water partition coefficient (Wildman–Crippen LogP) is 2.61. The van der Waals surface area contributed by atoms with E-state index >= 15 is 0 Å². The van der Waals surface area contributed by atoms with Crippen molar-refractivity contribution in [3.8, 4) is 0 Å². The second-order valence-electron chi connectivity index (χ2n) is 7.63. The van der Waals surface area contributed by atoms with E-state index in [0.29, 0.717) is 36.3 Å². The summed E-state index contributed by atoms with van der Waals surface area (Å²) in [6.07, 6.45) is 1.40. The highest BCUT2D eigenvalue weighted by atomic mass is 16.2. The Bertz CT molecular complexity index is 1010. The van der Waals surface area contributed by atoms with Crippen LogP contribution in [0.4, 0.5) is 5.69 Å². The molecule has 2 aromatic rings. The highest BCUT2D eigenvalue weighted by Gasteiger charge is 2.34. The van der Waals surface area contributed by atoms with Gasteiger partial charge in [0, 0.05) is 38.7 Å². The van der Waals surface area contributed by atoms with E-state index in [0.717, 1.165) is 12.0 Å². The van der Waals surface area contributed by atoms with Crippen LogP contribution in [-0.4, -0.2) is 46.5 Å². The lowest BCUT2D eigenvalue weighted by Crippen LogP contribution is -2.34. The fourth-order valence-corrected chi connectivity index (χ4v) is 3.97. The molecule has 0 atom stereocenters. The molecule has 0 fully saturated rings. The molecule has 30 heavy (non-hydrogen) atoms. The number of hydrogen-bond donors (Lipinski definition) is 1. The first-order valence-corrected chi connectivity index (χ1v) is 10.1. The zero-order valence-corrected chi connectivity index (χ0v) is 16.8. The van der Waals surface area contributed by atoms with Gasteiger partial charge in [-0.05, 0) is 48.2 Å². The Balaban J connectivity index is 1.31. The van der Waals surface area contributed by atoms with Crippen LogP contribution in [0, 0.1) is 0 Å². The summed E-state index contributed by atoms with van der Waals surface area (Å²) < 4.78 is 0. The molecular formula is C23H23N3O4. The van der Waals surface area contributed by atoms with Gasteiger partial charge in [-0.2, -0.15) is 0 Å². The summed E-state index contributed by atoms with van der Waals surface area (Å²) >= 11 is 0. The second-order valence-corrected chi connectivity index (χ2v) is 7.63. The number of nitrogens with one attached hydrogen (secondary N) is 1. The van der Waals surface area contributed by atoms with Crippen LogP contribution < -0.4 is 5.32 Å². The highest BCUT2D eigenvalue weighted by molar-refractivity contribution is 6.21. The van der Waals surface area contributed by atoms with Crippen molar-refractivity contribution >= 4 is 29.3 Å². The van der Waals surface area contributed by atoms with Gasteiger partial charge in [0.05, 0.1) is 11.1 Å². The number of benzene rings is 2. The van der Waals surface area contributed by atoms with Crippen LogP contribution in [0.2, 0.25) is 0 Å². The predicted molar refractivity (Wildman–Crippen MR) is 111 cm³/mol. The van der Waals surface area contributed by atoms with Gasteiger partial charge in [0.25, 0.3) is 11.8 Å². The third-order valence-corrected chi connectivity index (χ3v) is 5.61. The number of rotatable bonds is 5. The molecule has 0 aromatic heterocycles. The highest BCUT2D eigenvalue weighted by Crippen LogP contribution is 2.24. The Kier molecular flexibility index (Phi) is 5.35. The molecule has 7 heteroatoms. The van der Waals surface area contributed by atoms with Crippen LogP contribution in [0.15, 0.2) is 42.5 Å². The van der Waals surface area contributed by atoms with E-state index in [9.17, 15) is 19.2 Å². The van der Waals surface area contributed by atoms with Gasteiger partial charge in [-0.1, -0.05) is 18.2 Å². The van der Waals surface area contributed by atoms with Crippen molar-refractivity contribution in [2.24, 2.45) is 0 Å². The average Bonchev–Trinajstić information content (AvgIpc) is 2.98. The first-order valence-electron chi connectivity index (χ1n) is 10.1. The van der Waals surface area contributed by atoms with Crippen LogP contribution in [-0.2, 0) is 22.6 Å². The largest absolute Gasteiger partial charge is 0.338 e. The maximum Gasteiger partial charge on any atom is 0.261 e. The summed E-state index contributed by atoms with van der Waals surface area (Å²) in [5, 5.41) is 2.87. The summed E-state index contributed by atoms with van der Waals surface area (Å²) in [4.78, 5) is 51.7. The van der Waals surface area contributed by atoms with Crippen molar-refractivity contribution in [3.63, 3.8) is 0 Å². The molecule has 0 unspecified atom stereocenters. The summed E-state index contributed by atoms with van der Waals surface area (Å²) in [5.74, 6) is -0.740. The number of hydrogen-bond acceptors (Lipinski definition) is 4. The molecule has 0 saturated heterocycles. The molecule has 0 saturated carbocycles. The third-order valence-electron chi connectivity index (χ3n) is 5.61. The number of carbonyl (C=O) groups is 4. The molecule has 2 heterocycles. The fraction of sp³-hybridized carbons (Fsp3) is 0.304. The SMILES string of the molecule is CC(=O)N1CCc2ccc(NC(=O)CCCN3C(=O)c4ccccc4C3=O)cc2C1. The molecule has 0 radical (unpaired) electrons. The second kappa shape index (κ2) is 8.10. The summed E-state index contributed by atoms with van der Waals surface area (Å²) in [6, 6.07) is 12.5. The van der Waals surface area contributed by atoms with Crippen molar-refractivity contribution in [2.45, 2.75) is 32.7 Å². The van der Waals surface area contributed by atoms with Gasteiger partial charge < -0.3 is 10.2 Å². The third kappa shape index (κ3) is 3.83. The Labute approximate surface area is 174 Å². The van der Waals surface area contributed by atoms with Gasteiger partial charge in [0.1, 0.15) is 0 Å². The number of imide groups is 1. The van der Waals surface area contributed by atoms with Crippen molar-refractivity contribution in [3.05, 3.63) is 64.7 Å². The quantitative estimate of drug-likeness (QED) is 0.775. The molecule has 2 aliphatic rings. The normalized spacial score (nSPS) is 15.1. The molecule has 2 aliphatic heterocycles. The Hall–Kier alpha value is -3.48. The number of anilines is 1. The minimum Gasteiger partial charge on any atom is -0.338 e. The minimum atomic E-state index is -0.305. The van der Waals surface area contributed by atoms with Gasteiger partial charge in [-0.3, -0.25) is 24.1 Å². The van der Waals surface area contributed by atoms with E-state index in [1.807, 2.05) is 18.2 Å². The van der Waals surface area contributed by atoms with Crippen LogP contribution in [0.5, 0.6) is 0 Å². The molecule has 0 aliphatic carbocycles. The zero-order valence-electron chi connectivity index (χ0n) is 16.8. The maximum atomic E-state index is 12.4. The van der Waals surface area contributed by atoms with E-state index in [4.69, 9.17) is 0 Å². The zero-order chi connectivity index (χ0) is 21.3. The van der Waals surface area contributed by atoms with E-state index in [1.165, 1.54) is 10.5 Å². The van der Waals surface area contributed by atoms with Crippen LogP contribution in [0.3, 0.4) is 0 Å². The standard InChI is InChI=1S/C23H23N3O4/c1-15(27)25-12-10-16-8-9-18(13-17(16)14-25)24-21(28)7-4-11-26-22(29)19-5-2-3-6-20(19)23(26)30/h2-3,5-6,8-9,13H,4,7,10-12,14H2,1H3,(H,24,28). The monoisotopic (exact) mass is 405 g/mol. The van der Waals surface area contributed by atoms with Gasteiger partial charge in [-0.25, -0.2) is 0 Å². The van der Waals surface area contributed by atoms with Gasteiger partial charge in [-0.15, -0.1) is 0 Å². The summed E-state index contributed by atoms with van der Waals surface area (Å²) in [6.45, 7) is 3.03. The molecule has 0 spiro atoms. The lowest BCUT2D eigenvalue weighted by atomic mass is 9.99. The first-order chi connectivity index (χ1) is 14.4. The molecular weight excluding hydrogens is 382 g/mol. The van der Waals surface area contributed by atoms with E-state index in [1.54, 1.807) is 36.1 Å². The van der Waals surface area contributed by atoms with Crippen molar-refractivity contribution in [1.82, 2.24) is 9.80 Å². The molecule has 7 nitrogen and oxygen atoms in total. The van der Waals surface area contributed by atoms with Crippen molar-refractivity contribution in [2.75, 3.05) is 18.4 Å². The lowest BCUT2D eigenvalue weighted by molar-refractivity contribution is -0.129. The molecule has 1 N–H and O–H groups in total. The number of nitrogens with zero attached hydrogens (tertiary/aromatic N) is 2. The van der Waals surface area contributed by atoms with E-state index in [2.05, 4.69) is 5.32 Å². The Morgan fingerprint density at radius 3 is 2.37 bits per heavy atom. The van der Waals surface area contributed by atoms with Crippen LogP contribution in [0.1, 0.15) is 51.6 Å². The molecule has 154 valence electrons. The topological polar surface area (TPSA) is 86.8 Å². The van der Waals surface area contributed by atoms with Gasteiger partial charge >= 0.3 is 0 Å². The fourth-order valence-electron chi connectivity index (χ4n) is 3.97. The molecule has 4 amide bonds. The molecule has 2 aromatic carbocycles. The van der Waals surface area contributed by atoms with Crippen molar-refractivity contribution in [1.29, 1.82) is 0 Å². The Morgan fingerprint density at radius 1 is 1.00 bits per heavy atom.